The highest BCUT2D eigenvalue weighted by Gasteiger charge is 2.24. The molecule has 1 aliphatic rings. The SMILES string of the molecule is N[C@H]1COc2c1ccc(Cl)c2F. The molecule has 0 aliphatic carbocycles. The maximum Gasteiger partial charge on any atom is 0.183 e. The van der Waals surface area contributed by atoms with E-state index in [0.717, 1.165) is 0 Å². The number of ether oxygens (including phenoxy) is 1. The molecule has 0 saturated carbocycles. The molecule has 1 aromatic rings. The predicted molar refractivity (Wildman–Crippen MR) is 43.8 cm³/mol. The van der Waals surface area contributed by atoms with Crippen LogP contribution in [0.5, 0.6) is 5.75 Å². The Morgan fingerprint density at radius 1 is 1.58 bits per heavy atom. The van der Waals surface area contributed by atoms with E-state index >= 15 is 0 Å². The zero-order chi connectivity index (χ0) is 8.72. The zero-order valence-electron chi connectivity index (χ0n) is 6.18. The van der Waals surface area contributed by atoms with Crippen molar-refractivity contribution in [3.63, 3.8) is 0 Å². The van der Waals surface area contributed by atoms with Gasteiger partial charge in [-0.1, -0.05) is 17.7 Å². The molecule has 2 nitrogen and oxygen atoms in total. The highest BCUT2D eigenvalue weighted by atomic mass is 35.5. The summed E-state index contributed by atoms with van der Waals surface area (Å²) in [5, 5.41) is 0.0721. The minimum absolute atomic E-state index is 0.0721. The van der Waals surface area contributed by atoms with Gasteiger partial charge >= 0.3 is 0 Å². The molecular weight excluding hydrogens is 181 g/mol. The molecule has 1 aromatic carbocycles. The first-order valence-electron chi connectivity index (χ1n) is 3.56. The van der Waals surface area contributed by atoms with Crippen molar-refractivity contribution in [2.24, 2.45) is 5.73 Å². The maximum atomic E-state index is 13.2. The number of nitrogens with two attached hydrogens (primary N) is 1. The number of fused-ring (bicyclic) bond motifs is 1. The molecule has 12 heavy (non-hydrogen) atoms. The van der Waals surface area contributed by atoms with Crippen molar-refractivity contribution >= 4 is 11.6 Å². The maximum absolute atomic E-state index is 13.2. The van der Waals surface area contributed by atoms with Crippen LogP contribution in [0.25, 0.3) is 0 Å². The highest BCUT2D eigenvalue weighted by Crippen LogP contribution is 2.36. The summed E-state index contributed by atoms with van der Waals surface area (Å²) in [6.07, 6.45) is 0. The van der Waals surface area contributed by atoms with Crippen molar-refractivity contribution in [2.45, 2.75) is 6.04 Å². The fourth-order valence-electron chi connectivity index (χ4n) is 1.25. The molecule has 0 spiro atoms. The molecule has 0 fully saturated rings. The molecule has 4 heteroatoms. The lowest BCUT2D eigenvalue weighted by molar-refractivity contribution is 0.319. The molecule has 0 radical (unpaired) electrons. The Bertz CT molecular complexity index is 329. The van der Waals surface area contributed by atoms with Gasteiger partial charge in [0.15, 0.2) is 11.6 Å². The average Bonchev–Trinajstić information content (AvgIpc) is 2.41. The second kappa shape index (κ2) is 2.61. The summed E-state index contributed by atoms with van der Waals surface area (Å²) in [5.74, 6) is -0.308. The molecule has 2 N–H and O–H groups in total. The standard InChI is InChI=1S/C8H7ClFNO/c9-5-2-1-4-6(11)3-12-8(4)7(5)10/h1-2,6H,3,11H2/t6-/m0/s1. The predicted octanol–water partition coefficient (Wildman–Crippen LogP) is 1.87. The summed E-state index contributed by atoms with van der Waals surface area (Å²) in [5.41, 5.74) is 6.32. The van der Waals surface area contributed by atoms with Crippen LogP contribution in [-0.4, -0.2) is 6.61 Å². The summed E-state index contributed by atoms with van der Waals surface area (Å²) >= 11 is 5.54. The van der Waals surface area contributed by atoms with Gasteiger partial charge in [0, 0.05) is 5.56 Å². The fraction of sp³-hybridized carbons (Fsp3) is 0.250. The third-order valence-corrected chi connectivity index (χ3v) is 2.18. The zero-order valence-corrected chi connectivity index (χ0v) is 6.94. The molecule has 0 unspecified atom stereocenters. The highest BCUT2D eigenvalue weighted by molar-refractivity contribution is 6.30. The van der Waals surface area contributed by atoms with E-state index in [0.29, 0.717) is 12.2 Å². The lowest BCUT2D eigenvalue weighted by Crippen LogP contribution is -2.10. The molecule has 0 bridgehead atoms. The van der Waals surface area contributed by atoms with Crippen molar-refractivity contribution in [1.29, 1.82) is 0 Å². The second-order valence-corrected chi connectivity index (χ2v) is 3.10. The largest absolute Gasteiger partial charge is 0.488 e. The summed E-state index contributed by atoms with van der Waals surface area (Å²) in [7, 11) is 0. The topological polar surface area (TPSA) is 35.2 Å². The lowest BCUT2D eigenvalue weighted by Gasteiger charge is -2.01. The van der Waals surface area contributed by atoms with E-state index < -0.39 is 5.82 Å². The summed E-state index contributed by atoms with van der Waals surface area (Å²) in [4.78, 5) is 0. The fourth-order valence-corrected chi connectivity index (χ4v) is 1.40. The van der Waals surface area contributed by atoms with Crippen LogP contribution in [0.15, 0.2) is 12.1 Å². The van der Waals surface area contributed by atoms with Gasteiger partial charge < -0.3 is 10.5 Å². The van der Waals surface area contributed by atoms with Crippen LogP contribution < -0.4 is 10.5 Å². The first kappa shape index (κ1) is 7.83. The lowest BCUT2D eigenvalue weighted by atomic mass is 10.1. The molecule has 0 aromatic heterocycles. The smallest absolute Gasteiger partial charge is 0.183 e. The van der Waals surface area contributed by atoms with Gasteiger partial charge in [0.2, 0.25) is 0 Å². The summed E-state index contributed by atoms with van der Waals surface area (Å²) in [6, 6.07) is 2.95. The molecule has 1 heterocycles. The molecule has 0 amide bonds. The Kier molecular flexibility index (Phi) is 1.70. The van der Waals surface area contributed by atoms with Crippen molar-refractivity contribution in [2.75, 3.05) is 6.61 Å². The van der Waals surface area contributed by atoms with Gasteiger partial charge in [0.05, 0.1) is 11.1 Å². The van der Waals surface area contributed by atoms with Crippen LogP contribution in [0.2, 0.25) is 5.02 Å². The van der Waals surface area contributed by atoms with Crippen molar-refractivity contribution in [1.82, 2.24) is 0 Å². The second-order valence-electron chi connectivity index (χ2n) is 2.70. The van der Waals surface area contributed by atoms with E-state index in [1.807, 2.05) is 0 Å². The Labute approximate surface area is 74.1 Å². The average molecular weight is 188 g/mol. The first-order valence-corrected chi connectivity index (χ1v) is 3.94. The van der Waals surface area contributed by atoms with Crippen LogP contribution in [0, 0.1) is 5.82 Å². The first-order chi connectivity index (χ1) is 5.70. The van der Waals surface area contributed by atoms with Crippen molar-refractivity contribution in [3.8, 4) is 5.75 Å². The quantitative estimate of drug-likeness (QED) is 0.673. The summed E-state index contributed by atoms with van der Waals surface area (Å²) in [6.45, 7) is 0.326. The monoisotopic (exact) mass is 187 g/mol. The van der Waals surface area contributed by atoms with Gasteiger partial charge in [-0.2, -0.15) is 0 Å². The van der Waals surface area contributed by atoms with Crippen LogP contribution in [0.4, 0.5) is 4.39 Å². The van der Waals surface area contributed by atoms with E-state index in [9.17, 15) is 4.39 Å². The van der Waals surface area contributed by atoms with Gasteiger partial charge in [-0.3, -0.25) is 0 Å². The number of hydrogen-bond acceptors (Lipinski definition) is 2. The number of halogens is 2. The van der Waals surface area contributed by atoms with Crippen molar-refractivity contribution in [3.05, 3.63) is 28.5 Å². The van der Waals surface area contributed by atoms with Crippen LogP contribution in [-0.2, 0) is 0 Å². The number of hydrogen-bond donors (Lipinski definition) is 1. The molecule has 1 atom stereocenters. The molecular formula is C8H7ClFNO. The molecule has 64 valence electrons. The number of rotatable bonds is 0. The number of benzene rings is 1. The van der Waals surface area contributed by atoms with Crippen LogP contribution in [0.1, 0.15) is 11.6 Å². The van der Waals surface area contributed by atoms with E-state index in [-0.39, 0.29) is 16.8 Å². The Morgan fingerprint density at radius 2 is 2.33 bits per heavy atom. The van der Waals surface area contributed by atoms with Crippen molar-refractivity contribution < 1.29 is 9.13 Å². The molecule has 2 rings (SSSR count). The Morgan fingerprint density at radius 3 is 3.08 bits per heavy atom. The van der Waals surface area contributed by atoms with Gasteiger partial charge in [0.25, 0.3) is 0 Å². The third-order valence-electron chi connectivity index (χ3n) is 1.89. The Balaban J connectivity index is 2.60. The van der Waals surface area contributed by atoms with E-state index in [2.05, 4.69) is 0 Å². The summed E-state index contributed by atoms with van der Waals surface area (Å²) < 4.78 is 18.2. The van der Waals surface area contributed by atoms with Crippen LogP contribution in [0.3, 0.4) is 0 Å². The minimum atomic E-state index is -0.512. The molecule has 0 saturated heterocycles. The van der Waals surface area contributed by atoms with E-state index in [1.54, 1.807) is 6.07 Å². The van der Waals surface area contributed by atoms with Crippen LogP contribution >= 0.6 is 11.6 Å². The van der Waals surface area contributed by atoms with Gasteiger partial charge in [-0.05, 0) is 6.07 Å². The molecule has 1 aliphatic heterocycles. The van der Waals surface area contributed by atoms with Gasteiger partial charge in [-0.25, -0.2) is 4.39 Å². The van der Waals surface area contributed by atoms with E-state index in [1.165, 1.54) is 6.07 Å². The van der Waals surface area contributed by atoms with Gasteiger partial charge in [0.1, 0.15) is 6.61 Å². The minimum Gasteiger partial charge on any atom is -0.488 e. The third kappa shape index (κ3) is 0.974. The van der Waals surface area contributed by atoms with Gasteiger partial charge in [-0.15, -0.1) is 0 Å². The van der Waals surface area contributed by atoms with E-state index in [4.69, 9.17) is 22.1 Å². The normalized spacial score (nSPS) is 20.4. The Hall–Kier alpha value is -0.800.